The molecule has 0 unspecified atom stereocenters. The van der Waals surface area contributed by atoms with E-state index in [1.807, 2.05) is 18.2 Å². The van der Waals surface area contributed by atoms with Gasteiger partial charge in [0, 0.05) is 5.02 Å². The number of rotatable bonds is 0. The van der Waals surface area contributed by atoms with Crippen molar-refractivity contribution in [3.05, 3.63) is 27.2 Å². The van der Waals surface area contributed by atoms with E-state index in [4.69, 9.17) is 23.8 Å². The zero-order chi connectivity index (χ0) is 7.84. The molecule has 1 N–H and O–H groups in total. The Balaban J connectivity index is 0.000000720. The van der Waals surface area contributed by atoms with Crippen LogP contribution in [0, 0.1) is 3.95 Å². The summed E-state index contributed by atoms with van der Waals surface area (Å²) < 4.78 is 1.95. The molecule has 1 nitrogen and oxygen atoms in total. The van der Waals surface area contributed by atoms with E-state index >= 15 is 0 Å². The number of benzene rings is 1. The van der Waals surface area contributed by atoms with Crippen LogP contribution in [0.2, 0.25) is 5.02 Å². The first-order valence-corrected chi connectivity index (χ1v) is 4.64. The van der Waals surface area contributed by atoms with Crippen molar-refractivity contribution in [3.63, 3.8) is 0 Å². The Morgan fingerprint density at radius 1 is 1.42 bits per heavy atom. The number of aromatic nitrogens is 1. The fourth-order valence-corrected chi connectivity index (χ4v) is 2.19. The molecule has 2 rings (SSSR count). The minimum Gasteiger partial charge on any atom is -0.337 e. The molecule has 0 saturated carbocycles. The maximum atomic E-state index is 5.78. The average molecular weight is 267 g/mol. The van der Waals surface area contributed by atoms with Crippen LogP contribution in [0.4, 0.5) is 0 Å². The van der Waals surface area contributed by atoms with Gasteiger partial charge in [-0.3, -0.25) is 0 Å². The molecule has 1 aromatic carbocycles. The molecule has 0 spiro atoms. The van der Waals surface area contributed by atoms with Crippen molar-refractivity contribution in [1.29, 1.82) is 0 Å². The zero-order valence-electron chi connectivity index (χ0n) is 6.13. The van der Waals surface area contributed by atoms with Crippen molar-refractivity contribution in [3.8, 4) is 0 Å². The van der Waals surface area contributed by atoms with Gasteiger partial charge in [-0.25, -0.2) is 0 Å². The summed E-state index contributed by atoms with van der Waals surface area (Å²) in [6.45, 7) is 0. The van der Waals surface area contributed by atoms with Crippen LogP contribution in [-0.4, -0.2) is 4.98 Å². The summed E-state index contributed by atoms with van der Waals surface area (Å²) in [6.07, 6.45) is 0. The summed E-state index contributed by atoms with van der Waals surface area (Å²) in [5.74, 6) is 0. The molecule has 1 heterocycles. The number of hydrogen-bond acceptors (Lipinski definition) is 2. The van der Waals surface area contributed by atoms with Crippen molar-refractivity contribution in [2.24, 2.45) is 0 Å². The third kappa shape index (κ3) is 1.94. The van der Waals surface area contributed by atoms with Crippen molar-refractivity contribution in [1.82, 2.24) is 4.98 Å². The summed E-state index contributed by atoms with van der Waals surface area (Å²) in [5, 5.41) is 0.738. The molecule has 1 aromatic heterocycles. The first kappa shape index (κ1) is 10.3. The second kappa shape index (κ2) is 3.97. The quantitative estimate of drug-likeness (QED) is 0.569. The first-order valence-electron chi connectivity index (χ1n) is 3.04. The molecule has 0 aliphatic rings. The third-order valence-electron chi connectivity index (χ3n) is 1.38. The second-order valence-electron chi connectivity index (χ2n) is 2.16. The molecule has 12 heavy (non-hydrogen) atoms. The van der Waals surface area contributed by atoms with Gasteiger partial charge in [0.15, 0.2) is 3.95 Å². The Morgan fingerprint density at radius 3 is 2.92 bits per heavy atom. The molecule has 2 aromatic rings. The monoisotopic (exact) mass is 265 g/mol. The standard InChI is InChI=1S/C7H4ClNS2.Zn/c8-4-1-2-6-5(3-4)9-7(10)11-6;/h1-3H,(H,9,10);/q;+2. The minimum absolute atomic E-state index is 0. The van der Waals surface area contributed by atoms with E-state index in [0.717, 1.165) is 19.2 Å². The molecular weight excluding hydrogens is 263 g/mol. The maximum absolute atomic E-state index is 5.78. The van der Waals surface area contributed by atoms with Crippen molar-refractivity contribution < 1.29 is 19.5 Å². The van der Waals surface area contributed by atoms with Gasteiger partial charge >= 0.3 is 19.5 Å². The molecule has 0 fully saturated rings. The maximum Gasteiger partial charge on any atom is 2.00 e. The first-order chi connectivity index (χ1) is 5.25. The molecule has 0 aliphatic heterocycles. The molecule has 5 heteroatoms. The van der Waals surface area contributed by atoms with E-state index in [0.29, 0.717) is 0 Å². The van der Waals surface area contributed by atoms with Crippen LogP contribution in [0.5, 0.6) is 0 Å². The van der Waals surface area contributed by atoms with Crippen LogP contribution in [0.3, 0.4) is 0 Å². The molecule has 0 atom stereocenters. The largest absolute Gasteiger partial charge is 2.00 e. The molecule has 0 amide bonds. The summed E-state index contributed by atoms with van der Waals surface area (Å²) in [5.41, 5.74) is 1.02. The van der Waals surface area contributed by atoms with Crippen LogP contribution in [0.15, 0.2) is 18.2 Å². The van der Waals surface area contributed by atoms with Gasteiger partial charge < -0.3 is 4.98 Å². The average Bonchev–Trinajstić information content (AvgIpc) is 2.27. The summed E-state index contributed by atoms with van der Waals surface area (Å²) in [7, 11) is 0. The summed E-state index contributed by atoms with van der Waals surface area (Å²) in [4.78, 5) is 3.05. The zero-order valence-corrected chi connectivity index (χ0v) is 11.5. The van der Waals surface area contributed by atoms with Crippen molar-refractivity contribution >= 4 is 45.4 Å². The van der Waals surface area contributed by atoms with E-state index in [1.165, 1.54) is 0 Å². The Morgan fingerprint density at radius 2 is 2.17 bits per heavy atom. The number of H-pyrrole nitrogens is 1. The van der Waals surface area contributed by atoms with Gasteiger partial charge in [-0.2, -0.15) is 0 Å². The number of hydrogen-bond donors (Lipinski definition) is 1. The van der Waals surface area contributed by atoms with Gasteiger partial charge in [0.25, 0.3) is 0 Å². The van der Waals surface area contributed by atoms with Gasteiger partial charge in [-0.05, 0) is 30.4 Å². The molecule has 0 bridgehead atoms. The fraction of sp³-hybridized carbons (Fsp3) is 0. The topological polar surface area (TPSA) is 15.8 Å². The smallest absolute Gasteiger partial charge is 0.337 e. The SMILES string of the molecule is S=c1[nH]c2cc(Cl)ccc2s1.[Zn+2]. The van der Waals surface area contributed by atoms with Gasteiger partial charge in [-0.15, -0.1) is 11.3 Å². The van der Waals surface area contributed by atoms with Gasteiger partial charge in [0.2, 0.25) is 0 Å². The van der Waals surface area contributed by atoms with Crippen molar-refractivity contribution in [2.75, 3.05) is 0 Å². The number of nitrogens with one attached hydrogen (secondary N) is 1. The molecule has 0 radical (unpaired) electrons. The van der Waals surface area contributed by atoms with E-state index in [1.54, 1.807) is 11.3 Å². The Kier molecular flexibility index (Phi) is 3.41. The Hall–Kier alpha value is 0.243. The minimum atomic E-state index is 0. The van der Waals surface area contributed by atoms with Gasteiger partial charge in [0.05, 0.1) is 10.2 Å². The fourth-order valence-electron chi connectivity index (χ4n) is 0.924. The number of fused-ring (bicyclic) bond motifs is 1. The van der Waals surface area contributed by atoms with E-state index in [9.17, 15) is 0 Å². The predicted molar refractivity (Wildman–Crippen MR) is 52.0 cm³/mol. The molecular formula is C7H4ClNS2Zn+2. The third-order valence-corrected chi connectivity index (χ3v) is 2.83. The van der Waals surface area contributed by atoms with Crippen LogP contribution >= 0.6 is 35.2 Å². The van der Waals surface area contributed by atoms with Crippen LogP contribution in [0.1, 0.15) is 0 Å². The van der Waals surface area contributed by atoms with Crippen LogP contribution < -0.4 is 0 Å². The molecule has 0 aliphatic carbocycles. The molecule has 0 saturated heterocycles. The van der Waals surface area contributed by atoms with Crippen LogP contribution in [0.25, 0.3) is 10.2 Å². The number of thiazole rings is 1. The second-order valence-corrected chi connectivity index (χ2v) is 4.31. The van der Waals surface area contributed by atoms with Crippen molar-refractivity contribution in [2.45, 2.75) is 0 Å². The Bertz CT molecular complexity index is 448. The van der Waals surface area contributed by atoms with E-state index in [-0.39, 0.29) is 19.5 Å². The summed E-state index contributed by atoms with van der Waals surface area (Å²) in [6, 6.07) is 5.71. The number of aromatic amines is 1. The number of halogens is 1. The van der Waals surface area contributed by atoms with Gasteiger partial charge in [-0.1, -0.05) is 11.6 Å². The Labute approximate surface area is 96.5 Å². The molecule has 56 valence electrons. The van der Waals surface area contributed by atoms with Crippen LogP contribution in [-0.2, 0) is 19.5 Å². The van der Waals surface area contributed by atoms with Gasteiger partial charge in [0.1, 0.15) is 0 Å². The predicted octanol–water partition coefficient (Wildman–Crippen LogP) is 3.61. The normalized spacial score (nSPS) is 9.75. The van der Waals surface area contributed by atoms with E-state index < -0.39 is 0 Å². The summed E-state index contributed by atoms with van der Waals surface area (Å²) >= 11 is 12.3. The van der Waals surface area contributed by atoms with E-state index in [2.05, 4.69) is 4.98 Å².